The van der Waals surface area contributed by atoms with Crippen LogP contribution in [0.15, 0.2) is 36.4 Å². The lowest BCUT2D eigenvalue weighted by molar-refractivity contribution is -0.386. The third-order valence-corrected chi connectivity index (χ3v) is 2.95. The van der Waals surface area contributed by atoms with E-state index in [1.807, 2.05) is 32.0 Å². The van der Waals surface area contributed by atoms with E-state index in [0.29, 0.717) is 18.1 Å². The average molecular weight is 287 g/mol. The number of para-hydroxylation sites is 1. The fourth-order valence-electron chi connectivity index (χ4n) is 1.93. The van der Waals surface area contributed by atoms with E-state index in [9.17, 15) is 10.1 Å². The number of aromatic nitrogens is 1. The van der Waals surface area contributed by atoms with E-state index in [2.05, 4.69) is 10.3 Å². The molecule has 0 atom stereocenters. The number of aryl methyl sites for hydroxylation is 1. The molecule has 2 rings (SSSR count). The Labute approximate surface area is 122 Å². The van der Waals surface area contributed by atoms with Crippen molar-refractivity contribution in [2.75, 3.05) is 11.9 Å². The number of nitro groups is 1. The highest BCUT2D eigenvalue weighted by atomic mass is 16.6. The van der Waals surface area contributed by atoms with Crippen molar-refractivity contribution in [3.05, 3.63) is 52.1 Å². The monoisotopic (exact) mass is 287 g/mol. The molecule has 0 fully saturated rings. The van der Waals surface area contributed by atoms with Crippen molar-refractivity contribution >= 4 is 11.5 Å². The Morgan fingerprint density at radius 3 is 2.67 bits per heavy atom. The minimum Gasteiger partial charge on any atom is -0.433 e. The lowest BCUT2D eigenvalue weighted by atomic mass is 10.1. The van der Waals surface area contributed by atoms with Crippen LogP contribution in [-0.2, 0) is 6.42 Å². The normalized spacial score (nSPS) is 10.2. The van der Waals surface area contributed by atoms with Gasteiger partial charge in [0.1, 0.15) is 11.6 Å². The van der Waals surface area contributed by atoms with Gasteiger partial charge in [0.05, 0.1) is 4.92 Å². The molecular formula is C15H17N3O3. The van der Waals surface area contributed by atoms with Crippen LogP contribution in [0.5, 0.6) is 11.6 Å². The highest BCUT2D eigenvalue weighted by Gasteiger charge is 2.19. The SMILES string of the molecule is CCNc1ccc([N+](=O)[O-])c(Oc2ccccc2CC)n1. The lowest BCUT2D eigenvalue weighted by Gasteiger charge is -2.10. The van der Waals surface area contributed by atoms with Gasteiger partial charge in [0.2, 0.25) is 0 Å². The van der Waals surface area contributed by atoms with Crippen LogP contribution in [0.4, 0.5) is 11.5 Å². The lowest BCUT2D eigenvalue weighted by Crippen LogP contribution is -2.03. The van der Waals surface area contributed by atoms with E-state index in [0.717, 1.165) is 12.0 Å². The summed E-state index contributed by atoms with van der Waals surface area (Å²) in [5.74, 6) is 1.13. The van der Waals surface area contributed by atoms with E-state index in [4.69, 9.17) is 4.74 Å². The van der Waals surface area contributed by atoms with Gasteiger partial charge in [-0.2, -0.15) is 4.98 Å². The number of pyridine rings is 1. The largest absolute Gasteiger partial charge is 0.433 e. The molecule has 1 aromatic heterocycles. The standard InChI is InChI=1S/C15H17N3O3/c1-3-11-7-5-6-8-13(11)21-15-12(18(19)20)9-10-14(17-15)16-4-2/h5-10H,3-4H2,1-2H3,(H,16,17). The van der Waals surface area contributed by atoms with Gasteiger partial charge in [0.25, 0.3) is 0 Å². The summed E-state index contributed by atoms with van der Waals surface area (Å²) in [6, 6.07) is 10.4. The smallest absolute Gasteiger partial charge is 0.331 e. The van der Waals surface area contributed by atoms with Crippen molar-refractivity contribution in [2.24, 2.45) is 0 Å². The summed E-state index contributed by atoms with van der Waals surface area (Å²) in [4.78, 5) is 14.8. The number of hydrogen-bond acceptors (Lipinski definition) is 5. The highest BCUT2D eigenvalue weighted by Crippen LogP contribution is 2.32. The maximum atomic E-state index is 11.1. The number of nitrogens with one attached hydrogen (secondary N) is 1. The second-order valence-electron chi connectivity index (χ2n) is 4.37. The van der Waals surface area contributed by atoms with Gasteiger partial charge in [-0.1, -0.05) is 25.1 Å². The van der Waals surface area contributed by atoms with Gasteiger partial charge in [-0.15, -0.1) is 0 Å². The zero-order valence-electron chi connectivity index (χ0n) is 12.0. The topological polar surface area (TPSA) is 77.3 Å². The van der Waals surface area contributed by atoms with Gasteiger partial charge in [-0.25, -0.2) is 0 Å². The first-order valence-corrected chi connectivity index (χ1v) is 6.80. The molecule has 0 saturated heterocycles. The van der Waals surface area contributed by atoms with Crippen LogP contribution >= 0.6 is 0 Å². The predicted octanol–water partition coefficient (Wildman–Crippen LogP) is 3.78. The van der Waals surface area contributed by atoms with Crippen molar-refractivity contribution in [1.82, 2.24) is 4.98 Å². The Balaban J connectivity index is 2.40. The van der Waals surface area contributed by atoms with Gasteiger partial charge in [-0.05, 0) is 31.0 Å². The Hall–Kier alpha value is -2.63. The number of ether oxygens (including phenoxy) is 1. The van der Waals surface area contributed by atoms with Crippen LogP contribution in [-0.4, -0.2) is 16.5 Å². The van der Waals surface area contributed by atoms with E-state index in [-0.39, 0.29) is 11.6 Å². The number of rotatable bonds is 6. The molecule has 6 nitrogen and oxygen atoms in total. The fraction of sp³-hybridized carbons (Fsp3) is 0.267. The van der Waals surface area contributed by atoms with Gasteiger partial charge >= 0.3 is 11.6 Å². The quantitative estimate of drug-likeness (QED) is 0.646. The van der Waals surface area contributed by atoms with Crippen LogP contribution in [0, 0.1) is 10.1 Å². The molecule has 0 radical (unpaired) electrons. The van der Waals surface area contributed by atoms with Crippen molar-refractivity contribution in [3.63, 3.8) is 0 Å². The number of nitrogens with zero attached hydrogens (tertiary/aromatic N) is 2. The van der Waals surface area contributed by atoms with Crippen molar-refractivity contribution < 1.29 is 9.66 Å². The minimum absolute atomic E-state index is 0.000602. The highest BCUT2D eigenvalue weighted by molar-refractivity contribution is 5.51. The number of hydrogen-bond donors (Lipinski definition) is 1. The van der Waals surface area contributed by atoms with Crippen LogP contribution < -0.4 is 10.1 Å². The third kappa shape index (κ3) is 3.47. The second kappa shape index (κ2) is 6.69. The summed E-state index contributed by atoms with van der Waals surface area (Å²) in [7, 11) is 0. The molecule has 0 aliphatic rings. The average Bonchev–Trinajstić information content (AvgIpc) is 2.48. The maximum absolute atomic E-state index is 11.1. The Bertz CT molecular complexity index is 644. The Kier molecular flexibility index (Phi) is 4.71. The molecule has 21 heavy (non-hydrogen) atoms. The predicted molar refractivity (Wildman–Crippen MR) is 80.9 cm³/mol. The maximum Gasteiger partial charge on any atom is 0.331 e. The summed E-state index contributed by atoms with van der Waals surface area (Å²) in [6.45, 7) is 4.60. The van der Waals surface area contributed by atoms with Crippen LogP contribution in [0.25, 0.3) is 0 Å². The zero-order valence-corrected chi connectivity index (χ0v) is 12.0. The van der Waals surface area contributed by atoms with Gasteiger partial charge in [0, 0.05) is 12.6 Å². The molecule has 0 aliphatic carbocycles. The van der Waals surface area contributed by atoms with Crippen molar-refractivity contribution in [1.29, 1.82) is 0 Å². The molecule has 0 amide bonds. The first kappa shape index (κ1) is 14.8. The first-order chi connectivity index (χ1) is 10.2. The summed E-state index contributed by atoms with van der Waals surface area (Å²) in [5.41, 5.74) is 0.824. The molecule has 1 N–H and O–H groups in total. The molecule has 2 aromatic rings. The third-order valence-electron chi connectivity index (χ3n) is 2.95. The summed E-state index contributed by atoms with van der Waals surface area (Å²) < 4.78 is 5.69. The summed E-state index contributed by atoms with van der Waals surface area (Å²) >= 11 is 0. The Morgan fingerprint density at radius 2 is 2.00 bits per heavy atom. The Morgan fingerprint density at radius 1 is 1.24 bits per heavy atom. The van der Waals surface area contributed by atoms with Crippen molar-refractivity contribution in [2.45, 2.75) is 20.3 Å². The first-order valence-electron chi connectivity index (χ1n) is 6.80. The number of anilines is 1. The summed E-state index contributed by atoms with van der Waals surface area (Å²) in [5, 5.41) is 14.1. The molecule has 6 heteroatoms. The molecule has 0 spiro atoms. The molecule has 1 heterocycles. The molecule has 0 bridgehead atoms. The number of benzene rings is 1. The van der Waals surface area contributed by atoms with E-state index < -0.39 is 4.92 Å². The molecule has 0 saturated carbocycles. The zero-order chi connectivity index (χ0) is 15.2. The molecular weight excluding hydrogens is 270 g/mol. The van der Waals surface area contributed by atoms with Crippen molar-refractivity contribution in [3.8, 4) is 11.6 Å². The van der Waals surface area contributed by atoms with Crippen LogP contribution in [0.1, 0.15) is 19.4 Å². The van der Waals surface area contributed by atoms with E-state index in [1.54, 1.807) is 12.1 Å². The molecule has 110 valence electrons. The van der Waals surface area contributed by atoms with E-state index >= 15 is 0 Å². The van der Waals surface area contributed by atoms with E-state index in [1.165, 1.54) is 6.07 Å². The van der Waals surface area contributed by atoms with Gasteiger partial charge in [0.15, 0.2) is 0 Å². The second-order valence-corrected chi connectivity index (χ2v) is 4.37. The molecule has 1 aromatic carbocycles. The summed E-state index contributed by atoms with van der Waals surface area (Å²) in [6.07, 6.45) is 0.775. The van der Waals surface area contributed by atoms with Gasteiger partial charge in [-0.3, -0.25) is 10.1 Å². The molecule has 0 unspecified atom stereocenters. The molecule has 0 aliphatic heterocycles. The minimum atomic E-state index is -0.493. The van der Waals surface area contributed by atoms with Crippen LogP contribution in [0.3, 0.4) is 0 Å². The van der Waals surface area contributed by atoms with Crippen LogP contribution in [0.2, 0.25) is 0 Å². The van der Waals surface area contributed by atoms with Gasteiger partial charge < -0.3 is 10.1 Å². The fourth-order valence-corrected chi connectivity index (χ4v) is 1.93.